The summed E-state index contributed by atoms with van der Waals surface area (Å²) in [5.41, 5.74) is 0.197. The number of hydrogen-bond donors (Lipinski definition) is 0. The van der Waals surface area contributed by atoms with E-state index in [2.05, 4.69) is 0 Å². The Morgan fingerprint density at radius 3 is 2.50 bits per heavy atom. The largest absolute Gasteiger partial charge is 0.495 e. The molecule has 1 fully saturated rings. The van der Waals surface area contributed by atoms with E-state index in [-0.39, 0.29) is 39.7 Å². The minimum absolute atomic E-state index is 0.0539. The van der Waals surface area contributed by atoms with Gasteiger partial charge >= 0.3 is 0 Å². The van der Waals surface area contributed by atoms with E-state index in [1.807, 2.05) is 0 Å². The molecule has 1 saturated heterocycles. The van der Waals surface area contributed by atoms with E-state index < -0.39 is 19.7 Å². The first kappa shape index (κ1) is 18.7. The molecule has 1 aliphatic heterocycles. The molecule has 134 valence electrons. The first-order chi connectivity index (χ1) is 11.1. The molecule has 0 spiro atoms. The summed E-state index contributed by atoms with van der Waals surface area (Å²) in [4.78, 5) is 14.2. The lowest BCUT2D eigenvalue weighted by atomic mass is 10.1. The SMILES string of the molecule is CCN(C(=O)c1ccc(OC)c(S(C)(=O)=O)c1)C1CCS(=O)(=O)C1. The van der Waals surface area contributed by atoms with Gasteiger partial charge in [-0.05, 0) is 31.5 Å². The molecule has 9 heteroatoms. The first-order valence-electron chi connectivity index (χ1n) is 7.48. The second kappa shape index (κ2) is 6.72. The number of amides is 1. The van der Waals surface area contributed by atoms with E-state index in [9.17, 15) is 21.6 Å². The molecule has 1 aromatic carbocycles. The lowest BCUT2D eigenvalue weighted by molar-refractivity contribution is 0.0708. The van der Waals surface area contributed by atoms with Gasteiger partial charge in [-0.1, -0.05) is 0 Å². The van der Waals surface area contributed by atoms with E-state index in [0.29, 0.717) is 13.0 Å². The highest BCUT2D eigenvalue weighted by Gasteiger charge is 2.34. The number of sulfone groups is 2. The second-order valence-electron chi connectivity index (χ2n) is 5.79. The molecule has 2 rings (SSSR count). The topological polar surface area (TPSA) is 97.8 Å². The van der Waals surface area contributed by atoms with E-state index in [1.54, 1.807) is 6.92 Å². The molecule has 1 heterocycles. The molecule has 0 aromatic heterocycles. The first-order valence-corrected chi connectivity index (χ1v) is 11.2. The quantitative estimate of drug-likeness (QED) is 0.753. The lowest BCUT2D eigenvalue weighted by Gasteiger charge is -2.27. The molecular formula is C15H21NO6S2. The number of ether oxygens (including phenoxy) is 1. The summed E-state index contributed by atoms with van der Waals surface area (Å²) in [5, 5.41) is 0. The van der Waals surface area contributed by atoms with Crippen LogP contribution in [0, 0.1) is 0 Å². The van der Waals surface area contributed by atoms with Crippen LogP contribution >= 0.6 is 0 Å². The van der Waals surface area contributed by atoms with E-state index in [0.717, 1.165) is 6.26 Å². The highest BCUT2D eigenvalue weighted by molar-refractivity contribution is 7.91. The van der Waals surface area contributed by atoms with Crippen LogP contribution in [-0.4, -0.2) is 65.1 Å². The Labute approximate surface area is 142 Å². The van der Waals surface area contributed by atoms with Crippen molar-refractivity contribution in [1.82, 2.24) is 4.90 Å². The molecule has 0 saturated carbocycles. The molecule has 1 aliphatic rings. The number of carbonyl (C=O) groups excluding carboxylic acids is 1. The summed E-state index contributed by atoms with van der Waals surface area (Å²) in [6, 6.07) is 3.82. The predicted molar refractivity (Wildman–Crippen MR) is 89.9 cm³/mol. The van der Waals surface area contributed by atoms with Gasteiger partial charge in [0.1, 0.15) is 10.6 Å². The predicted octanol–water partition coefficient (Wildman–Crippen LogP) is 0.748. The van der Waals surface area contributed by atoms with Gasteiger partial charge in [-0.2, -0.15) is 0 Å². The third kappa shape index (κ3) is 3.89. The van der Waals surface area contributed by atoms with Crippen molar-refractivity contribution in [2.45, 2.75) is 24.3 Å². The van der Waals surface area contributed by atoms with Crippen molar-refractivity contribution in [3.63, 3.8) is 0 Å². The minimum Gasteiger partial charge on any atom is -0.495 e. The van der Waals surface area contributed by atoms with Crippen LogP contribution in [0.4, 0.5) is 0 Å². The van der Waals surface area contributed by atoms with Gasteiger partial charge in [0.15, 0.2) is 19.7 Å². The molecule has 1 amide bonds. The Balaban J connectivity index is 2.38. The summed E-state index contributed by atoms with van der Waals surface area (Å²) in [5.74, 6) is -0.201. The van der Waals surface area contributed by atoms with Crippen LogP contribution < -0.4 is 4.74 Å². The minimum atomic E-state index is -3.56. The molecule has 0 radical (unpaired) electrons. The van der Waals surface area contributed by atoms with Crippen molar-refractivity contribution in [2.75, 3.05) is 31.4 Å². The standard InChI is InChI=1S/C15H21NO6S2/c1-4-16(12-7-8-24(20,21)10-12)15(17)11-5-6-13(22-2)14(9-11)23(3,18)19/h5-6,9,12H,4,7-8,10H2,1-3H3. The monoisotopic (exact) mass is 375 g/mol. The maximum Gasteiger partial charge on any atom is 0.254 e. The molecule has 24 heavy (non-hydrogen) atoms. The van der Waals surface area contributed by atoms with Crippen LogP contribution in [0.15, 0.2) is 23.1 Å². The van der Waals surface area contributed by atoms with Crippen molar-refractivity contribution in [2.24, 2.45) is 0 Å². The van der Waals surface area contributed by atoms with Crippen LogP contribution in [0.1, 0.15) is 23.7 Å². The van der Waals surface area contributed by atoms with Gasteiger partial charge in [0, 0.05) is 24.4 Å². The maximum atomic E-state index is 12.7. The molecule has 7 nitrogen and oxygen atoms in total. The van der Waals surface area contributed by atoms with Crippen molar-refractivity contribution < 1.29 is 26.4 Å². The van der Waals surface area contributed by atoms with Gasteiger partial charge in [-0.15, -0.1) is 0 Å². The summed E-state index contributed by atoms with van der Waals surface area (Å²) in [6.45, 7) is 2.11. The Kier molecular flexibility index (Phi) is 5.24. The zero-order chi connectivity index (χ0) is 18.1. The normalized spacial score (nSPS) is 19.9. The summed E-state index contributed by atoms with van der Waals surface area (Å²) in [6.07, 6.45) is 1.44. The number of hydrogen-bond acceptors (Lipinski definition) is 6. The molecule has 1 atom stereocenters. The smallest absolute Gasteiger partial charge is 0.254 e. The van der Waals surface area contributed by atoms with Gasteiger partial charge in [-0.3, -0.25) is 4.79 Å². The number of nitrogens with zero attached hydrogens (tertiary/aromatic N) is 1. The number of methoxy groups -OCH3 is 1. The fourth-order valence-electron chi connectivity index (χ4n) is 2.85. The summed E-state index contributed by atoms with van der Waals surface area (Å²) < 4.78 is 52.1. The van der Waals surface area contributed by atoms with Crippen molar-refractivity contribution in [3.8, 4) is 5.75 Å². The fraction of sp³-hybridized carbons (Fsp3) is 0.533. The van der Waals surface area contributed by atoms with Crippen molar-refractivity contribution >= 4 is 25.6 Å². The highest BCUT2D eigenvalue weighted by Crippen LogP contribution is 2.26. The number of rotatable bonds is 5. The number of carbonyl (C=O) groups is 1. The molecular weight excluding hydrogens is 354 g/mol. The van der Waals surface area contributed by atoms with Crippen LogP contribution in [-0.2, 0) is 19.7 Å². The van der Waals surface area contributed by atoms with Gasteiger partial charge in [0.05, 0.1) is 18.6 Å². The summed E-state index contributed by atoms with van der Waals surface area (Å²) >= 11 is 0. The van der Waals surface area contributed by atoms with Gasteiger partial charge < -0.3 is 9.64 Å². The Morgan fingerprint density at radius 2 is 2.04 bits per heavy atom. The molecule has 0 aliphatic carbocycles. The van der Waals surface area contributed by atoms with Crippen LogP contribution in [0.3, 0.4) is 0 Å². The average Bonchev–Trinajstić information content (AvgIpc) is 2.86. The molecule has 1 unspecified atom stereocenters. The van der Waals surface area contributed by atoms with Gasteiger partial charge in [-0.25, -0.2) is 16.8 Å². The lowest BCUT2D eigenvalue weighted by Crippen LogP contribution is -2.41. The van der Waals surface area contributed by atoms with E-state index in [1.165, 1.54) is 30.2 Å². The Morgan fingerprint density at radius 1 is 1.38 bits per heavy atom. The van der Waals surface area contributed by atoms with Gasteiger partial charge in [0.2, 0.25) is 0 Å². The third-order valence-electron chi connectivity index (χ3n) is 4.06. The zero-order valence-electron chi connectivity index (χ0n) is 13.9. The van der Waals surface area contributed by atoms with Crippen LogP contribution in [0.5, 0.6) is 5.75 Å². The van der Waals surface area contributed by atoms with Crippen molar-refractivity contribution in [3.05, 3.63) is 23.8 Å². The van der Waals surface area contributed by atoms with E-state index >= 15 is 0 Å². The van der Waals surface area contributed by atoms with Crippen molar-refractivity contribution in [1.29, 1.82) is 0 Å². The number of benzene rings is 1. The average molecular weight is 375 g/mol. The third-order valence-corrected chi connectivity index (χ3v) is 6.93. The zero-order valence-corrected chi connectivity index (χ0v) is 15.5. The highest BCUT2D eigenvalue weighted by atomic mass is 32.2. The van der Waals surface area contributed by atoms with Gasteiger partial charge in [0.25, 0.3) is 5.91 Å². The molecule has 0 bridgehead atoms. The van der Waals surface area contributed by atoms with Crippen LogP contribution in [0.2, 0.25) is 0 Å². The second-order valence-corrected chi connectivity index (χ2v) is 10.00. The molecule has 1 aromatic rings. The Bertz CT molecular complexity index is 845. The van der Waals surface area contributed by atoms with E-state index in [4.69, 9.17) is 4.74 Å². The Hall–Kier alpha value is -1.61. The molecule has 0 N–H and O–H groups in total. The maximum absolute atomic E-state index is 12.7. The summed E-state index contributed by atoms with van der Waals surface area (Å²) in [7, 11) is -5.33. The fourth-order valence-corrected chi connectivity index (χ4v) is 5.44. The van der Waals surface area contributed by atoms with Crippen LogP contribution in [0.25, 0.3) is 0 Å².